The van der Waals surface area contributed by atoms with Crippen molar-refractivity contribution in [2.24, 2.45) is 0 Å². The Balaban J connectivity index is 1.71. The first-order valence-corrected chi connectivity index (χ1v) is 9.86. The topological polar surface area (TPSA) is 78.9 Å². The molecule has 0 bridgehead atoms. The second kappa shape index (κ2) is 7.85. The minimum Gasteiger partial charge on any atom is -0.490 e. The minimum atomic E-state index is -0.213. The number of fused-ring (bicyclic) bond motifs is 1. The van der Waals surface area contributed by atoms with Crippen molar-refractivity contribution in [2.45, 2.75) is 20.3 Å². The van der Waals surface area contributed by atoms with Gasteiger partial charge in [-0.2, -0.15) is 9.50 Å². The van der Waals surface area contributed by atoms with Gasteiger partial charge in [-0.1, -0.05) is 24.3 Å². The van der Waals surface area contributed by atoms with E-state index in [0.29, 0.717) is 45.8 Å². The molecular weight excluding hydrogens is 378 g/mol. The predicted octanol–water partition coefficient (Wildman–Crippen LogP) is 3.15. The Morgan fingerprint density at radius 1 is 1.21 bits per heavy atom. The molecule has 0 aliphatic carbocycles. The molecule has 3 heterocycles. The van der Waals surface area contributed by atoms with E-state index in [0.717, 1.165) is 12.0 Å². The molecule has 0 saturated carbocycles. The lowest BCUT2D eigenvalue weighted by Gasteiger charge is -2.11. The Morgan fingerprint density at radius 3 is 2.82 bits per heavy atom. The summed E-state index contributed by atoms with van der Waals surface area (Å²) >= 11 is 1.28. The maximum atomic E-state index is 12.7. The van der Waals surface area contributed by atoms with Crippen molar-refractivity contribution < 1.29 is 13.9 Å². The van der Waals surface area contributed by atoms with Crippen LogP contribution in [0.5, 0.6) is 11.5 Å². The Bertz CT molecular complexity index is 1190. The average molecular weight is 397 g/mol. The van der Waals surface area contributed by atoms with Gasteiger partial charge in [0.25, 0.3) is 5.56 Å². The summed E-state index contributed by atoms with van der Waals surface area (Å²) in [5, 5.41) is 4.26. The van der Waals surface area contributed by atoms with E-state index >= 15 is 0 Å². The van der Waals surface area contributed by atoms with Gasteiger partial charge < -0.3 is 13.9 Å². The van der Waals surface area contributed by atoms with E-state index in [4.69, 9.17) is 13.9 Å². The number of thiazole rings is 1. The van der Waals surface area contributed by atoms with Crippen molar-refractivity contribution in [1.82, 2.24) is 14.6 Å². The third-order valence-electron chi connectivity index (χ3n) is 3.95. The van der Waals surface area contributed by atoms with Gasteiger partial charge in [-0.25, -0.2) is 0 Å². The highest BCUT2D eigenvalue weighted by Gasteiger charge is 2.14. The Morgan fingerprint density at radius 2 is 2.11 bits per heavy atom. The second-order valence-electron chi connectivity index (χ2n) is 6.01. The zero-order valence-corrected chi connectivity index (χ0v) is 16.4. The van der Waals surface area contributed by atoms with Gasteiger partial charge in [0.05, 0.1) is 24.0 Å². The minimum absolute atomic E-state index is 0.213. The molecule has 0 aliphatic rings. The zero-order chi connectivity index (χ0) is 19.5. The first kappa shape index (κ1) is 18.2. The van der Waals surface area contributed by atoms with E-state index in [1.165, 1.54) is 15.9 Å². The predicted molar refractivity (Wildman–Crippen MR) is 107 cm³/mol. The van der Waals surface area contributed by atoms with Crippen LogP contribution in [-0.4, -0.2) is 27.8 Å². The number of aromatic nitrogens is 3. The summed E-state index contributed by atoms with van der Waals surface area (Å²) < 4.78 is 18.5. The van der Waals surface area contributed by atoms with E-state index in [9.17, 15) is 4.79 Å². The van der Waals surface area contributed by atoms with Crippen LogP contribution in [0.4, 0.5) is 0 Å². The molecule has 4 aromatic rings. The van der Waals surface area contributed by atoms with Crippen LogP contribution in [0.15, 0.2) is 45.8 Å². The van der Waals surface area contributed by atoms with Gasteiger partial charge in [0.2, 0.25) is 10.8 Å². The van der Waals surface area contributed by atoms with Crippen LogP contribution in [0.1, 0.15) is 25.8 Å². The van der Waals surface area contributed by atoms with Crippen LogP contribution in [-0.2, 0) is 0 Å². The number of hydrogen-bond donors (Lipinski definition) is 0. The third kappa shape index (κ3) is 3.50. The van der Waals surface area contributed by atoms with E-state index < -0.39 is 0 Å². The van der Waals surface area contributed by atoms with Crippen molar-refractivity contribution in [1.29, 1.82) is 0 Å². The molecule has 144 valence electrons. The molecule has 0 amide bonds. The quantitative estimate of drug-likeness (QED) is 0.477. The van der Waals surface area contributed by atoms with Gasteiger partial charge in [-0.15, -0.1) is 5.10 Å². The number of hydrogen-bond acceptors (Lipinski definition) is 7. The van der Waals surface area contributed by atoms with E-state index in [-0.39, 0.29) is 5.56 Å². The van der Waals surface area contributed by atoms with Crippen LogP contribution < -0.4 is 19.6 Å². The molecule has 0 atom stereocenters. The van der Waals surface area contributed by atoms with E-state index in [1.54, 1.807) is 18.4 Å². The summed E-state index contributed by atoms with van der Waals surface area (Å²) in [5.74, 6) is 2.30. The second-order valence-corrected chi connectivity index (χ2v) is 7.02. The summed E-state index contributed by atoms with van der Waals surface area (Å²) in [5.41, 5.74) is 0.634. The molecule has 0 saturated heterocycles. The molecule has 3 aromatic heterocycles. The molecular formula is C20H19N3O4S. The first-order chi connectivity index (χ1) is 13.7. The summed E-state index contributed by atoms with van der Waals surface area (Å²) in [7, 11) is 0. The van der Waals surface area contributed by atoms with Gasteiger partial charge >= 0.3 is 0 Å². The molecule has 0 N–H and O–H groups in total. The number of ether oxygens (including phenoxy) is 2. The molecule has 0 spiro atoms. The van der Waals surface area contributed by atoms with Crippen LogP contribution in [0.25, 0.3) is 22.6 Å². The molecule has 7 nitrogen and oxygen atoms in total. The molecule has 0 fully saturated rings. The van der Waals surface area contributed by atoms with Crippen molar-refractivity contribution in [2.75, 3.05) is 13.2 Å². The Kier molecular flexibility index (Phi) is 5.12. The van der Waals surface area contributed by atoms with E-state index in [1.807, 2.05) is 31.2 Å². The highest BCUT2D eigenvalue weighted by atomic mass is 32.1. The standard InChI is InChI=1S/C20H19N3O4S/c1-3-9-26-14-8-7-13(11-16(14)25-4-2)12-17-19(24)23-20(28-17)21-18(22-23)15-6-5-10-27-15/h5-8,10-12H,3-4,9H2,1-2H3/b17-12+. The van der Waals surface area contributed by atoms with Gasteiger partial charge in [0.1, 0.15) is 0 Å². The Hall–Kier alpha value is -3.13. The first-order valence-electron chi connectivity index (χ1n) is 9.04. The normalized spacial score (nSPS) is 12.0. The maximum absolute atomic E-state index is 12.7. The fraction of sp³-hybridized carbons (Fsp3) is 0.250. The third-order valence-corrected chi connectivity index (χ3v) is 4.91. The number of furan rings is 1. The number of nitrogens with zero attached hydrogens (tertiary/aromatic N) is 3. The maximum Gasteiger partial charge on any atom is 0.291 e. The summed E-state index contributed by atoms with van der Waals surface area (Å²) in [4.78, 5) is 17.6. The summed E-state index contributed by atoms with van der Waals surface area (Å²) in [6.07, 6.45) is 4.27. The molecule has 0 unspecified atom stereocenters. The zero-order valence-electron chi connectivity index (χ0n) is 15.5. The lowest BCUT2D eigenvalue weighted by molar-refractivity contribution is 0.277. The monoisotopic (exact) mass is 397 g/mol. The van der Waals surface area contributed by atoms with Crippen molar-refractivity contribution in [3.8, 4) is 23.1 Å². The van der Waals surface area contributed by atoms with Crippen LogP contribution in [0.3, 0.4) is 0 Å². The van der Waals surface area contributed by atoms with E-state index in [2.05, 4.69) is 17.0 Å². The molecule has 4 rings (SSSR count). The average Bonchev–Trinajstić information content (AvgIpc) is 3.41. The molecule has 1 aromatic carbocycles. The SMILES string of the molecule is CCCOc1ccc(/C=c2/sc3nc(-c4ccco4)nn3c2=O)cc1OCC. The van der Waals surface area contributed by atoms with Crippen LogP contribution in [0, 0.1) is 0 Å². The van der Waals surface area contributed by atoms with Crippen LogP contribution in [0.2, 0.25) is 0 Å². The molecule has 8 heteroatoms. The molecule has 0 aliphatic heterocycles. The lowest BCUT2D eigenvalue weighted by atomic mass is 10.2. The number of rotatable bonds is 7. The van der Waals surface area contributed by atoms with Crippen molar-refractivity contribution in [3.63, 3.8) is 0 Å². The summed E-state index contributed by atoms with van der Waals surface area (Å²) in [6.45, 7) is 5.13. The largest absolute Gasteiger partial charge is 0.490 e. The lowest BCUT2D eigenvalue weighted by Crippen LogP contribution is -2.23. The molecule has 28 heavy (non-hydrogen) atoms. The van der Waals surface area contributed by atoms with Crippen molar-refractivity contribution >= 4 is 22.4 Å². The fourth-order valence-corrected chi connectivity index (χ4v) is 3.62. The van der Waals surface area contributed by atoms with Gasteiger partial charge in [-0.05, 0) is 49.2 Å². The highest BCUT2D eigenvalue weighted by molar-refractivity contribution is 7.15. The Labute approximate surface area is 164 Å². The van der Waals surface area contributed by atoms with Crippen molar-refractivity contribution in [3.05, 3.63) is 57.0 Å². The van der Waals surface area contributed by atoms with Gasteiger partial charge in [0, 0.05) is 0 Å². The molecule has 0 radical (unpaired) electrons. The van der Waals surface area contributed by atoms with Gasteiger partial charge in [-0.3, -0.25) is 4.79 Å². The smallest absolute Gasteiger partial charge is 0.291 e. The van der Waals surface area contributed by atoms with Gasteiger partial charge in [0.15, 0.2) is 17.3 Å². The van der Waals surface area contributed by atoms with Crippen LogP contribution >= 0.6 is 11.3 Å². The number of benzene rings is 1. The fourth-order valence-electron chi connectivity index (χ4n) is 2.71. The highest BCUT2D eigenvalue weighted by Crippen LogP contribution is 2.29. The summed E-state index contributed by atoms with van der Waals surface area (Å²) in [6, 6.07) is 9.15.